The summed E-state index contributed by atoms with van der Waals surface area (Å²) in [5, 5.41) is 8.36. The van der Waals surface area contributed by atoms with Gasteiger partial charge in [0.1, 0.15) is 0 Å². The van der Waals surface area contributed by atoms with Crippen molar-refractivity contribution in [3.8, 4) is 0 Å². The highest BCUT2D eigenvalue weighted by molar-refractivity contribution is 5.92. The molecule has 28 heavy (non-hydrogen) atoms. The molecule has 1 aromatic heterocycles. The number of aromatic nitrogens is 3. The first-order valence-corrected chi connectivity index (χ1v) is 10.1. The van der Waals surface area contributed by atoms with Crippen LogP contribution < -0.4 is 0 Å². The first-order valence-electron chi connectivity index (χ1n) is 10.1. The molecule has 144 valence electrons. The second-order valence-electron chi connectivity index (χ2n) is 7.46. The third-order valence-electron chi connectivity index (χ3n) is 5.46. The number of carbonyl (C=O) groups excluding carboxylic acids is 1. The highest BCUT2D eigenvalue weighted by Gasteiger charge is 2.28. The molecule has 1 aliphatic rings. The van der Waals surface area contributed by atoms with E-state index < -0.39 is 0 Å². The molecule has 1 heterocycles. The number of hydrogen-bond donors (Lipinski definition) is 0. The molecular formula is C23H26N4O. The van der Waals surface area contributed by atoms with Crippen molar-refractivity contribution in [2.45, 2.75) is 44.7 Å². The van der Waals surface area contributed by atoms with Gasteiger partial charge in [-0.1, -0.05) is 78.7 Å². The zero-order valence-corrected chi connectivity index (χ0v) is 16.1. The maximum Gasteiger partial charge on any atom is 0.276 e. The molecule has 0 N–H and O–H groups in total. The van der Waals surface area contributed by atoms with Crippen LogP contribution >= 0.6 is 0 Å². The van der Waals surface area contributed by atoms with E-state index in [1.54, 1.807) is 10.9 Å². The molecular weight excluding hydrogens is 348 g/mol. The summed E-state index contributed by atoms with van der Waals surface area (Å²) >= 11 is 0. The average Bonchev–Trinajstić information content (AvgIpc) is 3.42. The molecule has 3 aromatic rings. The van der Waals surface area contributed by atoms with Gasteiger partial charge in [-0.25, -0.2) is 4.68 Å². The molecule has 0 spiro atoms. The van der Waals surface area contributed by atoms with Crippen molar-refractivity contribution in [1.29, 1.82) is 0 Å². The quantitative estimate of drug-likeness (QED) is 0.629. The molecule has 0 unspecified atom stereocenters. The van der Waals surface area contributed by atoms with Crippen LogP contribution in [0.1, 0.15) is 47.3 Å². The highest BCUT2D eigenvalue weighted by atomic mass is 16.2. The van der Waals surface area contributed by atoms with E-state index in [9.17, 15) is 4.79 Å². The Bertz CT molecular complexity index is 885. The van der Waals surface area contributed by atoms with Crippen LogP contribution in [0.4, 0.5) is 0 Å². The summed E-state index contributed by atoms with van der Waals surface area (Å²) in [5.74, 6) is 0.00198. The number of benzene rings is 2. The zero-order chi connectivity index (χ0) is 19.2. The van der Waals surface area contributed by atoms with E-state index in [0.29, 0.717) is 18.3 Å². The van der Waals surface area contributed by atoms with Gasteiger partial charge in [-0.2, -0.15) is 0 Å². The molecule has 0 saturated heterocycles. The van der Waals surface area contributed by atoms with Crippen molar-refractivity contribution in [3.05, 3.63) is 83.7 Å². The molecule has 1 saturated carbocycles. The lowest BCUT2D eigenvalue weighted by Crippen LogP contribution is -2.40. The minimum absolute atomic E-state index is 0.00198. The molecule has 4 rings (SSSR count). The van der Waals surface area contributed by atoms with E-state index in [0.717, 1.165) is 31.4 Å². The Hall–Kier alpha value is -2.95. The second kappa shape index (κ2) is 8.83. The lowest BCUT2D eigenvalue weighted by molar-refractivity contribution is 0.0678. The first-order chi connectivity index (χ1) is 13.8. The number of nitrogens with zero attached hydrogens (tertiary/aromatic N) is 4. The summed E-state index contributed by atoms with van der Waals surface area (Å²) in [7, 11) is 0. The van der Waals surface area contributed by atoms with Crippen molar-refractivity contribution >= 4 is 5.91 Å². The third kappa shape index (κ3) is 4.47. The Labute approximate surface area is 166 Å². The van der Waals surface area contributed by atoms with Crippen LogP contribution in [0.3, 0.4) is 0 Å². The van der Waals surface area contributed by atoms with Crippen molar-refractivity contribution in [2.24, 2.45) is 0 Å². The fourth-order valence-corrected chi connectivity index (χ4v) is 3.95. The molecule has 0 radical (unpaired) electrons. The lowest BCUT2D eigenvalue weighted by Gasteiger charge is -2.28. The molecule has 1 fully saturated rings. The summed E-state index contributed by atoms with van der Waals surface area (Å²) in [6, 6.07) is 20.8. The molecule has 0 atom stereocenters. The van der Waals surface area contributed by atoms with E-state index in [-0.39, 0.29) is 5.91 Å². The van der Waals surface area contributed by atoms with Crippen molar-refractivity contribution in [1.82, 2.24) is 19.9 Å². The summed E-state index contributed by atoms with van der Waals surface area (Å²) < 4.78 is 1.74. The van der Waals surface area contributed by atoms with E-state index in [4.69, 9.17) is 0 Å². The number of amides is 1. The van der Waals surface area contributed by atoms with Gasteiger partial charge < -0.3 is 4.90 Å². The molecule has 0 aliphatic heterocycles. The topological polar surface area (TPSA) is 51.0 Å². The smallest absolute Gasteiger partial charge is 0.276 e. The minimum Gasteiger partial charge on any atom is -0.334 e. The van der Waals surface area contributed by atoms with Gasteiger partial charge in [0.05, 0.1) is 12.7 Å². The van der Waals surface area contributed by atoms with E-state index >= 15 is 0 Å². The molecule has 0 bridgehead atoms. The average molecular weight is 374 g/mol. The van der Waals surface area contributed by atoms with Crippen molar-refractivity contribution in [2.75, 3.05) is 6.54 Å². The largest absolute Gasteiger partial charge is 0.334 e. The zero-order valence-electron chi connectivity index (χ0n) is 16.1. The molecule has 1 amide bonds. The molecule has 2 aromatic carbocycles. The maximum absolute atomic E-state index is 13.2. The predicted octanol–water partition coefficient (Wildman–Crippen LogP) is 3.95. The predicted molar refractivity (Wildman–Crippen MR) is 109 cm³/mol. The van der Waals surface area contributed by atoms with Gasteiger partial charge in [0.15, 0.2) is 5.69 Å². The van der Waals surface area contributed by atoms with Gasteiger partial charge >= 0.3 is 0 Å². The van der Waals surface area contributed by atoms with Crippen LogP contribution in [0.25, 0.3) is 0 Å². The normalized spacial score (nSPS) is 14.3. The fraction of sp³-hybridized carbons (Fsp3) is 0.348. The number of carbonyl (C=O) groups is 1. The molecule has 5 heteroatoms. The summed E-state index contributed by atoms with van der Waals surface area (Å²) in [6.45, 7) is 1.34. The van der Waals surface area contributed by atoms with Gasteiger partial charge in [0, 0.05) is 12.6 Å². The fourth-order valence-electron chi connectivity index (χ4n) is 3.95. The Morgan fingerprint density at radius 2 is 1.61 bits per heavy atom. The van der Waals surface area contributed by atoms with Gasteiger partial charge in [-0.15, -0.1) is 5.10 Å². The summed E-state index contributed by atoms with van der Waals surface area (Å²) in [6.07, 6.45) is 7.19. The van der Waals surface area contributed by atoms with Crippen LogP contribution in [-0.4, -0.2) is 38.4 Å². The van der Waals surface area contributed by atoms with Gasteiger partial charge in [-0.3, -0.25) is 4.79 Å². The van der Waals surface area contributed by atoms with Gasteiger partial charge in [-0.05, 0) is 30.4 Å². The number of hydrogen-bond acceptors (Lipinski definition) is 3. The Morgan fingerprint density at radius 3 is 2.29 bits per heavy atom. The van der Waals surface area contributed by atoms with Gasteiger partial charge in [0.25, 0.3) is 5.91 Å². The third-order valence-corrected chi connectivity index (χ3v) is 5.46. The van der Waals surface area contributed by atoms with Gasteiger partial charge in [0.2, 0.25) is 0 Å². The Kier molecular flexibility index (Phi) is 5.80. The van der Waals surface area contributed by atoms with Crippen LogP contribution in [0.15, 0.2) is 66.9 Å². The first kappa shape index (κ1) is 18.4. The SMILES string of the molecule is O=C(c1cn(Cc2ccccc2)nn1)N(CCc1ccccc1)C1CCCC1. The monoisotopic (exact) mass is 374 g/mol. The minimum atomic E-state index is 0.00198. The van der Waals surface area contributed by atoms with E-state index in [1.165, 1.54) is 18.4 Å². The summed E-state index contributed by atoms with van der Waals surface area (Å²) in [4.78, 5) is 15.3. The highest BCUT2D eigenvalue weighted by Crippen LogP contribution is 2.25. The standard InChI is InChI=1S/C23H26N4O/c28-23(22-18-26(25-24-22)17-20-11-5-2-6-12-20)27(21-13-7-8-14-21)16-15-19-9-3-1-4-10-19/h1-6,9-12,18,21H,7-8,13-17H2. The van der Waals surface area contributed by atoms with Crippen molar-refractivity contribution < 1.29 is 4.79 Å². The maximum atomic E-state index is 13.2. The van der Waals surface area contributed by atoms with Crippen LogP contribution in [0, 0.1) is 0 Å². The van der Waals surface area contributed by atoms with Crippen LogP contribution in [0.2, 0.25) is 0 Å². The van der Waals surface area contributed by atoms with Crippen LogP contribution in [0.5, 0.6) is 0 Å². The molecule has 1 aliphatic carbocycles. The summed E-state index contributed by atoms with van der Waals surface area (Å²) in [5.41, 5.74) is 2.84. The second-order valence-corrected chi connectivity index (χ2v) is 7.46. The van der Waals surface area contributed by atoms with Crippen LogP contribution in [-0.2, 0) is 13.0 Å². The Morgan fingerprint density at radius 1 is 0.964 bits per heavy atom. The Balaban J connectivity index is 1.47. The molecule has 5 nitrogen and oxygen atoms in total. The van der Waals surface area contributed by atoms with E-state index in [1.807, 2.05) is 53.4 Å². The number of rotatable bonds is 7. The van der Waals surface area contributed by atoms with E-state index in [2.05, 4.69) is 22.4 Å². The van der Waals surface area contributed by atoms with Crippen molar-refractivity contribution in [3.63, 3.8) is 0 Å². The lowest BCUT2D eigenvalue weighted by atomic mass is 10.1.